The summed E-state index contributed by atoms with van der Waals surface area (Å²) in [5.74, 6) is -2.30. The molecule has 1 aromatic rings. The molecule has 0 spiro atoms. The number of hydrogen-bond donors (Lipinski definition) is 0. The van der Waals surface area contributed by atoms with E-state index in [1.165, 1.54) is 12.1 Å². The summed E-state index contributed by atoms with van der Waals surface area (Å²) >= 11 is 5.73. The summed E-state index contributed by atoms with van der Waals surface area (Å²) in [6, 6.07) is 3.94. The van der Waals surface area contributed by atoms with Gasteiger partial charge in [0.15, 0.2) is 11.6 Å². The van der Waals surface area contributed by atoms with Crippen LogP contribution in [0.5, 0.6) is 5.75 Å². The Balaban J connectivity index is 2.31. The first-order valence-electron chi connectivity index (χ1n) is 7.00. The smallest absolute Gasteiger partial charge is 0.311 e. The Morgan fingerprint density at radius 2 is 1.95 bits per heavy atom. The van der Waals surface area contributed by atoms with Crippen molar-refractivity contribution in [3.8, 4) is 5.75 Å². The lowest BCUT2D eigenvalue weighted by Gasteiger charge is -2.07. The van der Waals surface area contributed by atoms with Crippen LogP contribution >= 0.6 is 11.6 Å². The number of halogens is 2. The van der Waals surface area contributed by atoms with Crippen LogP contribution < -0.4 is 4.74 Å². The molecule has 0 saturated heterocycles. The predicted octanol–water partition coefficient (Wildman–Crippen LogP) is 4.06. The van der Waals surface area contributed by atoms with Crippen molar-refractivity contribution in [2.75, 3.05) is 6.61 Å². The molecule has 0 aliphatic rings. The number of ether oxygens (including phenoxy) is 2. The highest BCUT2D eigenvalue weighted by atomic mass is 35.5. The summed E-state index contributed by atoms with van der Waals surface area (Å²) < 4.78 is 23.2. The number of esters is 2. The average molecular weight is 329 g/mol. The van der Waals surface area contributed by atoms with Gasteiger partial charge in [0.1, 0.15) is 0 Å². The Hall–Kier alpha value is -1.88. The standard InChI is InChI=1S/C16H18ClFO4/c1-2-3-4-5-11-21-14(19)9-10-15(20)22-16-12(17)7-6-8-13(16)18/h3-4,6-8H,2,5,9-11H2,1H3/b4-3+. The van der Waals surface area contributed by atoms with E-state index >= 15 is 0 Å². The second-order valence-corrected chi connectivity index (χ2v) is 4.82. The Morgan fingerprint density at radius 1 is 1.23 bits per heavy atom. The maximum absolute atomic E-state index is 13.4. The van der Waals surface area contributed by atoms with Gasteiger partial charge in [0, 0.05) is 0 Å². The molecule has 0 unspecified atom stereocenters. The first-order valence-corrected chi connectivity index (χ1v) is 7.37. The van der Waals surface area contributed by atoms with E-state index in [1.54, 1.807) is 0 Å². The summed E-state index contributed by atoms with van der Waals surface area (Å²) in [6.07, 6.45) is 5.13. The molecule has 0 radical (unpaired) electrons. The fraction of sp³-hybridized carbons (Fsp3) is 0.375. The molecular weight excluding hydrogens is 311 g/mol. The van der Waals surface area contributed by atoms with Gasteiger partial charge in [0.2, 0.25) is 0 Å². The molecule has 0 amide bonds. The highest BCUT2D eigenvalue weighted by molar-refractivity contribution is 6.32. The highest BCUT2D eigenvalue weighted by Crippen LogP contribution is 2.27. The lowest BCUT2D eigenvalue weighted by Crippen LogP contribution is -2.13. The molecule has 0 aliphatic heterocycles. The Labute approximate surface area is 133 Å². The molecule has 22 heavy (non-hydrogen) atoms. The number of benzene rings is 1. The van der Waals surface area contributed by atoms with Crippen molar-refractivity contribution in [3.63, 3.8) is 0 Å². The summed E-state index contributed by atoms with van der Waals surface area (Å²) in [7, 11) is 0. The SMILES string of the molecule is CC/C=C/CCOC(=O)CCC(=O)Oc1c(F)cccc1Cl. The molecule has 0 saturated carbocycles. The van der Waals surface area contributed by atoms with Crippen LogP contribution in [-0.2, 0) is 14.3 Å². The van der Waals surface area contributed by atoms with Gasteiger partial charge in [-0.3, -0.25) is 9.59 Å². The summed E-state index contributed by atoms with van der Waals surface area (Å²) in [4.78, 5) is 23.0. The van der Waals surface area contributed by atoms with Crippen LogP contribution in [-0.4, -0.2) is 18.5 Å². The lowest BCUT2D eigenvalue weighted by atomic mass is 10.3. The van der Waals surface area contributed by atoms with Gasteiger partial charge < -0.3 is 9.47 Å². The van der Waals surface area contributed by atoms with Gasteiger partial charge in [0.05, 0.1) is 24.5 Å². The van der Waals surface area contributed by atoms with E-state index in [9.17, 15) is 14.0 Å². The number of carbonyl (C=O) groups is 2. The molecule has 120 valence electrons. The molecule has 0 aliphatic carbocycles. The quantitative estimate of drug-likeness (QED) is 0.312. The fourth-order valence-electron chi connectivity index (χ4n) is 1.55. The van der Waals surface area contributed by atoms with Gasteiger partial charge in [0.25, 0.3) is 0 Å². The molecular formula is C16H18ClFO4. The van der Waals surface area contributed by atoms with E-state index in [4.69, 9.17) is 21.1 Å². The number of allylic oxidation sites excluding steroid dienone is 1. The van der Waals surface area contributed by atoms with E-state index < -0.39 is 17.8 Å². The molecule has 0 N–H and O–H groups in total. The molecule has 1 rings (SSSR count). The zero-order chi connectivity index (χ0) is 16.4. The second kappa shape index (κ2) is 9.95. The van der Waals surface area contributed by atoms with Crippen molar-refractivity contribution >= 4 is 23.5 Å². The summed E-state index contributed by atoms with van der Waals surface area (Å²) in [5, 5.41) is -0.00126. The highest BCUT2D eigenvalue weighted by Gasteiger charge is 2.14. The molecule has 6 heteroatoms. The van der Waals surface area contributed by atoms with Crippen molar-refractivity contribution in [2.24, 2.45) is 0 Å². The lowest BCUT2D eigenvalue weighted by molar-refractivity contribution is -0.146. The van der Waals surface area contributed by atoms with Crippen molar-refractivity contribution < 1.29 is 23.5 Å². The maximum Gasteiger partial charge on any atom is 0.311 e. The van der Waals surface area contributed by atoms with Crippen LogP contribution in [0, 0.1) is 5.82 Å². The van der Waals surface area contributed by atoms with Gasteiger partial charge in [-0.25, -0.2) is 4.39 Å². The second-order valence-electron chi connectivity index (χ2n) is 4.41. The minimum Gasteiger partial charge on any atom is -0.465 e. The van der Waals surface area contributed by atoms with Crippen LogP contribution in [0.4, 0.5) is 4.39 Å². The molecule has 0 heterocycles. The largest absolute Gasteiger partial charge is 0.465 e. The number of rotatable bonds is 8. The molecule has 0 atom stereocenters. The van der Waals surface area contributed by atoms with Crippen LogP contribution in [0.3, 0.4) is 0 Å². The number of carbonyl (C=O) groups excluding carboxylic acids is 2. The van der Waals surface area contributed by atoms with E-state index in [0.29, 0.717) is 6.42 Å². The predicted molar refractivity (Wildman–Crippen MR) is 81.3 cm³/mol. The van der Waals surface area contributed by atoms with Crippen molar-refractivity contribution in [3.05, 3.63) is 41.2 Å². The van der Waals surface area contributed by atoms with Crippen LogP contribution in [0.25, 0.3) is 0 Å². The maximum atomic E-state index is 13.4. The van der Waals surface area contributed by atoms with Crippen molar-refractivity contribution in [1.29, 1.82) is 0 Å². The van der Waals surface area contributed by atoms with E-state index in [0.717, 1.165) is 12.5 Å². The van der Waals surface area contributed by atoms with E-state index in [2.05, 4.69) is 0 Å². The Bertz CT molecular complexity index is 523. The van der Waals surface area contributed by atoms with Crippen LogP contribution in [0.2, 0.25) is 5.02 Å². The molecule has 0 fully saturated rings. The fourth-order valence-corrected chi connectivity index (χ4v) is 1.75. The van der Waals surface area contributed by atoms with Crippen molar-refractivity contribution in [2.45, 2.75) is 32.6 Å². The van der Waals surface area contributed by atoms with Crippen LogP contribution in [0.1, 0.15) is 32.6 Å². The molecule has 0 aromatic heterocycles. The summed E-state index contributed by atoms with van der Waals surface area (Å²) in [5.41, 5.74) is 0. The van der Waals surface area contributed by atoms with Gasteiger partial charge in [-0.05, 0) is 25.0 Å². The molecule has 0 bridgehead atoms. The Kier molecular flexibility index (Phi) is 8.22. The van der Waals surface area contributed by atoms with Gasteiger partial charge in [-0.2, -0.15) is 0 Å². The zero-order valence-corrected chi connectivity index (χ0v) is 13.1. The normalized spacial score (nSPS) is 10.7. The zero-order valence-electron chi connectivity index (χ0n) is 12.3. The van der Waals surface area contributed by atoms with E-state index in [-0.39, 0.29) is 30.2 Å². The van der Waals surface area contributed by atoms with Crippen molar-refractivity contribution in [1.82, 2.24) is 0 Å². The monoisotopic (exact) mass is 328 g/mol. The van der Waals surface area contributed by atoms with Crippen LogP contribution in [0.15, 0.2) is 30.4 Å². The van der Waals surface area contributed by atoms with E-state index in [1.807, 2.05) is 19.1 Å². The third-order valence-electron chi connectivity index (χ3n) is 2.62. The minimum absolute atomic E-state index is 0.00126. The summed E-state index contributed by atoms with van der Waals surface area (Å²) in [6.45, 7) is 2.28. The Morgan fingerprint density at radius 3 is 2.64 bits per heavy atom. The average Bonchev–Trinajstić information content (AvgIpc) is 2.49. The number of hydrogen-bond acceptors (Lipinski definition) is 4. The molecule has 1 aromatic carbocycles. The first kappa shape index (κ1) is 18.2. The number of para-hydroxylation sites is 1. The molecule has 4 nitrogen and oxygen atoms in total. The third kappa shape index (κ3) is 6.72. The first-order chi connectivity index (χ1) is 10.5. The minimum atomic E-state index is -0.741. The van der Waals surface area contributed by atoms with Gasteiger partial charge in [-0.1, -0.05) is 36.7 Å². The van der Waals surface area contributed by atoms with Gasteiger partial charge >= 0.3 is 11.9 Å². The topological polar surface area (TPSA) is 52.6 Å². The third-order valence-corrected chi connectivity index (χ3v) is 2.92. The van der Waals surface area contributed by atoms with Gasteiger partial charge in [-0.15, -0.1) is 0 Å².